The van der Waals surface area contributed by atoms with Crippen molar-refractivity contribution < 1.29 is 14.3 Å². The van der Waals surface area contributed by atoms with E-state index in [0.29, 0.717) is 17.9 Å². The first-order valence-corrected chi connectivity index (χ1v) is 6.79. The summed E-state index contributed by atoms with van der Waals surface area (Å²) < 4.78 is 5.02. The van der Waals surface area contributed by atoms with Gasteiger partial charge in [0, 0.05) is 5.69 Å². The monoisotopic (exact) mass is 283 g/mol. The van der Waals surface area contributed by atoms with Gasteiger partial charge in [-0.05, 0) is 24.6 Å². The number of nitrogens with one attached hydrogen (secondary N) is 1. The van der Waals surface area contributed by atoms with Crippen molar-refractivity contribution in [2.24, 2.45) is 0 Å². The number of anilines is 1. The zero-order chi connectivity index (χ0) is 15.1. The summed E-state index contributed by atoms with van der Waals surface area (Å²) in [5.41, 5.74) is 1.84. The van der Waals surface area contributed by atoms with Gasteiger partial charge in [0.25, 0.3) is 0 Å². The topological polar surface area (TPSA) is 55.4 Å². The second-order valence-corrected chi connectivity index (χ2v) is 4.43. The second-order valence-electron chi connectivity index (χ2n) is 4.43. The Morgan fingerprint density at radius 1 is 1.14 bits per heavy atom. The normalized spacial score (nSPS) is 11.5. The Bertz CT molecular complexity index is 610. The lowest BCUT2D eigenvalue weighted by Gasteiger charge is -2.16. The molecule has 0 aromatic heterocycles. The number of hydrogen-bond donors (Lipinski definition) is 1. The molecular formula is C17H17NO3. The van der Waals surface area contributed by atoms with Crippen LogP contribution in [0.2, 0.25) is 0 Å². The maximum atomic E-state index is 11.9. The molecule has 0 spiro atoms. The Morgan fingerprint density at radius 3 is 2.48 bits per heavy atom. The number of para-hydroxylation sites is 1. The summed E-state index contributed by atoms with van der Waals surface area (Å²) in [7, 11) is 0. The number of aldehydes is 1. The van der Waals surface area contributed by atoms with Gasteiger partial charge >= 0.3 is 5.97 Å². The minimum Gasteiger partial charge on any atom is -0.462 e. The number of benzene rings is 2. The van der Waals surface area contributed by atoms with Crippen molar-refractivity contribution in [1.29, 1.82) is 0 Å². The summed E-state index contributed by atoms with van der Waals surface area (Å²) in [6.45, 7) is 2.06. The van der Waals surface area contributed by atoms with E-state index < -0.39 is 12.0 Å². The summed E-state index contributed by atoms with van der Waals surface area (Å²) >= 11 is 0. The highest BCUT2D eigenvalue weighted by Gasteiger charge is 2.16. The Kier molecular flexibility index (Phi) is 5.10. The second kappa shape index (κ2) is 7.24. The molecule has 0 bridgehead atoms. The van der Waals surface area contributed by atoms with E-state index in [-0.39, 0.29) is 0 Å². The van der Waals surface area contributed by atoms with Gasteiger partial charge in [0.15, 0.2) is 0 Å². The molecule has 4 nitrogen and oxygen atoms in total. The third-order valence-corrected chi connectivity index (χ3v) is 3.03. The average Bonchev–Trinajstić information content (AvgIpc) is 2.54. The number of esters is 1. The fourth-order valence-electron chi connectivity index (χ4n) is 2.02. The summed E-state index contributed by atoms with van der Waals surface area (Å²) in [6, 6.07) is 15.8. The first-order chi connectivity index (χ1) is 10.3. The maximum Gasteiger partial charge on any atom is 0.340 e. The molecular weight excluding hydrogens is 266 g/mol. The van der Waals surface area contributed by atoms with Crippen molar-refractivity contribution in [1.82, 2.24) is 0 Å². The summed E-state index contributed by atoms with van der Waals surface area (Å²) in [4.78, 5) is 23.3. The van der Waals surface area contributed by atoms with E-state index in [1.54, 1.807) is 31.2 Å². The Balaban J connectivity index is 2.26. The molecule has 0 radical (unpaired) electrons. The van der Waals surface area contributed by atoms with Gasteiger partial charge in [-0.2, -0.15) is 0 Å². The average molecular weight is 283 g/mol. The van der Waals surface area contributed by atoms with E-state index in [2.05, 4.69) is 5.32 Å². The smallest absolute Gasteiger partial charge is 0.340 e. The lowest BCUT2D eigenvalue weighted by atomic mass is 10.1. The molecule has 0 saturated carbocycles. The summed E-state index contributed by atoms with van der Waals surface area (Å²) in [6.07, 6.45) is 0.817. The van der Waals surface area contributed by atoms with Crippen LogP contribution in [0.4, 0.5) is 5.69 Å². The van der Waals surface area contributed by atoms with Gasteiger partial charge in [-0.3, -0.25) is 0 Å². The van der Waals surface area contributed by atoms with Crippen LogP contribution in [0.3, 0.4) is 0 Å². The third kappa shape index (κ3) is 3.69. The van der Waals surface area contributed by atoms with Gasteiger partial charge in [-0.1, -0.05) is 42.5 Å². The van der Waals surface area contributed by atoms with Crippen LogP contribution in [0, 0.1) is 0 Å². The Morgan fingerprint density at radius 2 is 1.81 bits per heavy atom. The molecule has 4 heteroatoms. The van der Waals surface area contributed by atoms with E-state index in [1.807, 2.05) is 30.3 Å². The van der Waals surface area contributed by atoms with Crippen molar-refractivity contribution in [3.8, 4) is 0 Å². The highest BCUT2D eigenvalue weighted by Crippen LogP contribution is 2.22. The van der Waals surface area contributed by atoms with Crippen LogP contribution >= 0.6 is 0 Å². The summed E-state index contributed by atoms with van der Waals surface area (Å²) in [5.74, 6) is -0.404. The fraction of sp³-hybridized carbons (Fsp3) is 0.176. The van der Waals surface area contributed by atoms with E-state index in [4.69, 9.17) is 4.74 Å². The van der Waals surface area contributed by atoms with Gasteiger partial charge in [-0.25, -0.2) is 4.79 Å². The number of rotatable bonds is 6. The standard InChI is InChI=1S/C17H17NO3/c1-2-21-17(20)14-10-6-7-11-15(14)18-16(12-19)13-8-4-3-5-9-13/h3-12,16,18H,2H2,1H3. The van der Waals surface area contributed by atoms with Crippen molar-refractivity contribution in [2.45, 2.75) is 13.0 Å². The minimum absolute atomic E-state index is 0.308. The van der Waals surface area contributed by atoms with E-state index in [9.17, 15) is 9.59 Å². The molecule has 0 aliphatic heterocycles. The van der Waals surface area contributed by atoms with Gasteiger partial charge < -0.3 is 14.8 Å². The molecule has 1 unspecified atom stereocenters. The number of hydrogen-bond acceptors (Lipinski definition) is 4. The molecule has 2 rings (SSSR count). The number of ether oxygens (including phenoxy) is 1. The van der Waals surface area contributed by atoms with Crippen LogP contribution in [-0.4, -0.2) is 18.9 Å². The van der Waals surface area contributed by atoms with Crippen LogP contribution in [0.15, 0.2) is 54.6 Å². The van der Waals surface area contributed by atoms with E-state index in [0.717, 1.165) is 11.8 Å². The molecule has 0 saturated heterocycles. The molecule has 2 aromatic carbocycles. The lowest BCUT2D eigenvalue weighted by molar-refractivity contribution is -0.108. The van der Waals surface area contributed by atoms with Crippen LogP contribution in [0.5, 0.6) is 0 Å². The maximum absolute atomic E-state index is 11.9. The highest BCUT2D eigenvalue weighted by atomic mass is 16.5. The molecule has 0 aliphatic rings. The van der Waals surface area contributed by atoms with Crippen molar-refractivity contribution >= 4 is 17.9 Å². The number of carbonyl (C=O) groups excluding carboxylic acids is 2. The highest BCUT2D eigenvalue weighted by molar-refractivity contribution is 5.96. The van der Waals surface area contributed by atoms with E-state index in [1.165, 1.54) is 0 Å². The molecule has 0 fully saturated rings. The van der Waals surface area contributed by atoms with Gasteiger partial charge in [0.1, 0.15) is 12.3 Å². The molecule has 108 valence electrons. The molecule has 1 N–H and O–H groups in total. The zero-order valence-corrected chi connectivity index (χ0v) is 11.8. The predicted molar refractivity (Wildman–Crippen MR) is 81.3 cm³/mol. The van der Waals surface area contributed by atoms with E-state index >= 15 is 0 Å². The van der Waals surface area contributed by atoms with Crippen molar-refractivity contribution in [3.63, 3.8) is 0 Å². The lowest BCUT2D eigenvalue weighted by Crippen LogP contribution is -2.15. The Labute approximate surface area is 123 Å². The minimum atomic E-state index is -0.512. The Hall–Kier alpha value is -2.62. The van der Waals surface area contributed by atoms with Crippen LogP contribution in [-0.2, 0) is 9.53 Å². The van der Waals surface area contributed by atoms with Crippen LogP contribution in [0.1, 0.15) is 28.9 Å². The quantitative estimate of drug-likeness (QED) is 0.653. The van der Waals surface area contributed by atoms with Gasteiger partial charge in [0.05, 0.1) is 12.2 Å². The zero-order valence-electron chi connectivity index (χ0n) is 11.8. The first-order valence-electron chi connectivity index (χ1n) is 6.79. The predicted octanol–water partition coefficient (Wildman–Crippen LogP) is 3.22. The molecule has 0 amide bonds. The van der Waals surface area contributed by atoms with Crippen molar-refractivity contribution in [2.75, 3.05) is 11.9 Å². The molecule has 0 heterocycles. The third-order valence-electron chi connectivity index (χ3n) is 3.03. The molecule has 21 heavy (non-hydrogen) atoms. The van der Waals surface area contributed by atoms with Crippen LogP contribution < -0.4 is 5.32 Å². The van der Waals surface area contributed by atoms with Crippen molar-refractivity contribution in [3.05, 3.63) is 65.7 Å². The van der Waals surface area contributed by atoms with Gasteiger partial charge in [0.2, 0.25) is 0 Å². The molecule has 2 aromatic rings. The molecule has 1 atom stereocenters. The fourth-order valence-corrected chi connectivity index (χ4v) is 2.02. The SMILES string of the molecule is CCOC(=O)c1ccccc1NC(C=O)c1ccccc1. The summed E-state index contributed by atoms with van der Waals surface area (Å²) in [5, 5.41) is 3.08. The van der Waals surface area contributed by atoms with Crippen LogP contribution in [0.25, 0.3) is 0 Å². The first kappa shape index (κ1) is 14.8. The largest absolute Gasteiger partial charge is 0.462 e. The molecule has 0 aliphatic carbocycles. The van der Waals surface area contributed by atoms with Gasteiger partial charge in [-0.15, -0.1) is 0 Å². The number of carbonyl (C=O) groups is 2.